The van der Waals surface area contributed by atoms with Crippen LogP contribution in [0.1, 0.15) is 33.1 Å². The molecule has 1 aliphatic carbocycles. The summed E-state index contributed by atoms with van der Waals surface area (Å²) in [5.41, 5.74) is -1.02. The Labute approximate surface area is 124 Å². The van der Waals surface area contributed by atoms with E-state index in [4.69, 9.17) is 9.78 Å². The van der Waals surface area contributed by atoms with Crippen molar-refractivity contribution in [1.29, 1.82) is 0 Å². The zero-order chi connectivity index (χ0) is 14.2. The molecule has 1 heterocycles. The van der Waals surface area contributed by atoms with Gasteiger partial charge in [-0.05, 0) is 51.2 Å². The zero-order valence-electron chi connectivity index (χ0n) is 12.0. The molecular weight excluding hydrogens is 272 g/mol. The number of aliphatic hydroxyl groups is 1. The predicted molar refractivity (Wildman–Crippen MR) is 79.5 cm³/mol. The van der Waals surface area contributed by atoms with E-state index in [-0.39, 0.29) is 11.7 Å². The molecule has 4 heteroatoms. The van der Waals surface area contributed by atoms with Gasteiger partial charge >= 0.3 is 0 Å². The van der Waals surface area contributed by atoms with Crippen LogP contribution in [0.25, 0.3) is 0 Å². The third-order valence-electron chi connectivity index (χ3n) is 4.68. The molecule has 1 saturated carbocycles. The van der Waals surface area contributed by atoms with Crippen LogP contribution < -0.4 is 0 Å². The number of hydrogen-bond donors (Lipinski definition) is 1. The summed E-state index contributed by atoms with van der Waals surface area (Å²) in [6, 6.07) is 10.4. The lowest BCUT2D eigenvalue weighted by Gasteiger charge is -2.50. The van der Waals surface area contributed by atoms with Gasteiger partial charge in [-0.3, -0.25) is 0 Å². The predicted octanol–water partition coefficient (Wildman–Crippen LogP) is 3.42. The quantitative estimate of drug-likeness (QED) is 0.685. The normalized spacial score (nSPS) is 40.5. The molecule has 1 N–H and O–H groups in total. The minimum atomic E-state index is -0.746. The monoisotopic (exact) mass is 294 g/mol. The molecule has 4 atom stereocenters. The Morgan fingerprint density at radius 2 is 2.05 bits per heavy atom. The van der Waals surface area contributed by atoms with Gasteiger partial charge in [-0.15, -0.1) is 11.8 Å². The average Bonchev–Trinajstić information content (AvgIpc) is 2.45. The van der Waals surface area contributed by atoms with Crippen LogP contribution in [0.3, 0.4) is 0 Å². The Morgan fingerprint density at radius 1 is 1.30 bits per heavy atom. The van der Waals surface area contributed by atoms with E-state index in [1.165, 1.54) is 4.90 Å². The third kappa shape index (κ3) is 2.75. The summed E-state index contributed by atoms with van der Waals surface area (Å²) in [5, 5.41) is 10.3. The van der Waals surface area contributed by atoms with Crippen LogP contribution in [-0.4, -0.2) is 28.2 Å². The summed E-state index contributed by atoms with van der Waals surface area (Å²) in [5.74, 6) is 1.33. The van der Waals surface area contributed by atoms with Gasteiger partial charge in [-0.1, -0.05) is 18.2 Å². The molecule has 1 saturated heterocycles. The fraction of sp³-hybridized carbons (Fsp3) is 0.625. The summed E-state index contributed by atoms with van der Waals surface area (Å²) in [6.45, 7) is 3.97. The molecule has 2 fully saturated rings. The van der Waals surface area contributed by atoms with Gasteiger partial charge < -0.3 is 5.11 Å². The van der Waals surface area contributed by atoms with Gasteiger partial charge in [0.05, 0.1) is 5.60 Å². The van der Waals surface area contributed by atoms with Gasteiger partial charge in [0.15, 0.2) is 0 Å². The smallest absolute Gasteiger partial charge is 0.122 e. The Bertz CT molecular complexity index is 462. The molecule has 3 unspecified atom stereocenters. The number of benzene rings is 1. The largest absolute Gasteiger partial charge is 0.387 e. The van der Waals surface area contributed by atoms with Gasteiger partial charge in [0.2, 0.25) is 0 Å². The lowest BCUT2D eigenvalue weighted by molar-refractivity contribution is -0.441. The Morgan fingerprint density at radius 3 is 2.80 bits per heavy atom. The van der Waals surface area contributed by atoms with Gasteiger partial charge in [0.25, 0.3) is 0 Å². The zero-order valence-corrected chi connectivity index (χ0v) is 12.9. The van der Waals surface area contributed by atoms with Crippen molar-refractivity contribution in [3.63, 3.8) is 0 Å². The van der Waals surface area contributed by atoms with Crippen LogP contribution in [0.4, 0.5) is 0 Å². The number of thioether (sulfide) groups is 1. The molecule has 1 aromatic carbocycles. The first kappa shape index (κ1) is 14.4. The van der Waals surface area contributed by atoms with Crippen LogP contribution >= 0.6 is 11.8 Å². The third-order valence-corrected chi connectivity index (χ3v) is 6.00. The minimum Gasteiger partial charge on any atom is -0.387 e. The first-order chi connectivity index (χ1) is 9.50. The molecule has 2 bridgehead atoms. The van der Waals surface area contributed by atoms with Gasteiger partial charge in [-0.2, -0.15) is 0 Å². The molecule has 110 valence electrons. The topological polar surface area (TPSA) is 38.7 Å². The van der Waals surface area contributed by atoms with Crippen molar-refractivity contribution in [1.82, 2.24) is 0 Å². The molecule has 0 spiro atoms. The maximum atomic E-state index is 10.3. The molecule has 0 radical (unpaired) electrons. The second kappa shape index (κ2) is 5.34. The Hall–Kier alpha value is -0.550. The standard InChI is InChI=1S/C16H22O3S/c1-15(17)9-8-12-10-14(15)18-19-16(12,2)11-20-13-6-4-3-5-7-13/h3-7,12,14,17H,8-11H2,1-2H3/t12?,14?,15?,16-/m0/s1. The average molecular weight is 294 g/mol. The summed E-state index contributed by atoms with van der Waals surface area (Å²) in [6.07, 6.45) is 2.49. The maximum absolute atomic E-state index is 10.3. The van der Waals surface area contributed by atoms with E-state index in [2.05, 4.69) is 31.2 Å². The van der Waals surface area contributed by atoms with Gasteiger partial charge in [0, 0.05) is 10.6 Å². The molecule has 0 aromatic heterocycles. The molecule has 1 aromatic rings. The Balaban J connectivity index is 1.65. The van der Waals surface area contributed by atoms with Gasteiger partial charge in [0.1, 0.15) is 11.7 Å². The van der Waals surface area contributed by atoms with Crippen LogP contribution in [0, 0.1) is 5.92 Å². The SMILES string of the molecule is CC1(O)CCC2CC1OO[C@@]2(C)CSc1ccccc1. The van der Waals surface area contributed by atoms with Crippen molar-refractivity contribution in [2.75, 3.05) is 5.75 Å². The van der Waals surface area contributed by atoms with E-state index in [9.17, 15) is 5.11 Å². The first-order valence-corrected chi connectivity index (χ1v) is 8.23. The second-order valence-corrected chi connectivity index (χ2v) is 7.46. The van der Waals surface area contributed by atoms with Crippen molar-refractivity contribution >= 4 is 11.8 Å². The van der Waals surface area contributed by atoms with E-state index in [0.717, 1.165) is 25.0 Å². The number of fused-ring (bicyclic) bond motifs is 2. The number of hydrogen-bond acceptors (Lipinski definition) is 4. The molecule has 3 nitrogen and oxygen atoms in total. The van der Waals surface area contributed by atoms with E-state index < -0.39 is 5.60 Å². The van der Waals surface area contributed by atoms with Gasteiger partial charge in [-0.25, -0.2) is 9.78 Å². The van der Waals surface area contributed by atoms with E-state index >= 15 is 0 Å². The summed E-state index contributed by atoms with van der Waals surface area (Å²) < 4.78 is 0. The first-order valence-electron chi connectivity index (χ1n) is 7.24. The van der Waals surface area contributed by atoms with E-state index in [1.807, 2.05) is 13.0 Å². The van der Waals surface area contributed by atoms with Crippen molar-refractivity contribution in [2.24, 2.45) is 5.92 Å². The van der Waals surface area contributed by atoms with Crippen LogP contribution in [0.5, 0.6) is 0 Å². The summed E-state index contributed by atoms with van der Waals surface area (Å²) >= 11 is 1.80. The molecular formula is C16H22O3S. The highest BCUT2D eigenvalue weighted by atomic mass is 32.2. The van der Waals surface area contributed by atoms with Crippen molar-refractivity contribution in [3.05, 3.63) is 30.3 Å². The maximum Gasteiger partial charge on any atom is 0.122 e. The van der Waals surface area contributed by atoms with Crippen molar-refractivity contribution < 1.29 is 14.9 Å². The van der Waals surface area contributed by atoms with Crippen LogP contribution in [0.15, 0.2) is 35.2 Å². The number of rotatable bonds is 3. The second-order valence-electron chi connectivity index (χ2n) is 6.41. The van der Waals surface area contributed by atoms with Crippen molar-refractivity contribution in [3.8, 4) is 0 Å². The molecule has 0 amide bonds. The lowest BCUT2D eigenvalue weighted by Crippen LogP contribution is -2.57. The van der Waals surface area contributed by atoms with E-state index in [1.54, 1.807) is 11.8 Å². The Kier molecular flexibility index (Phi) is 3.84. The van der Waals surface area contributed by atoms with E-state index in [0.29, 0.717) is 5.92 Å². The van der Waals surface area contributed by atoms with Crippen molar-refractivity contribution in [2.45, 2.75) is 55.3 Å². The molecule has 2 aliphatic rings. The van der Waals surface area contributed by atoms with Crippen LogP contribution in [0.2, 0.25) is 0 Å². The van der Waals surface area contributed by atoms with Crippen LogP contribution in [-0.2, 0) is 9.78 Å². The highest BCUT2D eigenvalue weighted by Crippen LogP contribution is 2.46. The fourth-order valence-electron chi connectivity index (χ4n) is 3.08. The molecule has 1 aliphatic heterocycles. The molecule has 3 rings (SSSR count). The lowest BCUT2D eigenvalue weighted by atomic mass is 9.71. The summed E-state index contributed by atoms with van der Waals surface area (Å²) in [7, 11) is 0. The minimum absolute atomic E-state index is 0.184. The fourth-order valence-corrected chi connectivity index (χ4v) is 4.16. The highest BCUT2D eigenvalue weighted by Gasteiger charge is 2.51. The highest BCUT2D eigenvalue weighted by molar-refractivity contribution is 7.99. The molecule has 20 heavy (non-hydrogen) atoms. The summed E-state index contributed by atoms with van der Waals surface area (Å²) in [4.78, 5) is 12.5.